The molecule has 112 valence electrons. The predicted octanol–water partition coefficient (Wildman–Crippen LogP) is 2.84. The second-order valence-corrected chi connectivity index (χ2v) is 7.14. The number of thiophene rings is 1. The van der Waals surface area contributed by atoms with Crippen molar-refractivity contribution in [3.05, 3.63) is 21.4 Å². The number of rotatable bonds is 3. The van der Waals surface area contributed by atoms with Gasteiger partial charge < -0.3 is 15.3 Å². The molecule has 5 heteroatoms. The number of aryl methyl sites for hydroxylation is 2. The molecule has 1 aromatic heterocycles. The normalized spacial score (nSPS) is 20.8. The van der Waals surface area contributed by atoms with Gasteiger partial charge in [-0.05, 0) is 51.2 Å². The van der Waals surface area contributed by atoms with E-state index in [0.717, 1.165) is 19.4 Å². The van der Waals surface area contributed by atoms with Crippen molar-refractivity contribution in [3.63, 3.8) is 0 Å². The first-order valence-corrected chi connectivity index (χ1v) is 8.06. The second kappa shape index (κ2) is 6.59. The van der Waals surface area contributed by atoms with Crippen molar-refractivity contribution < 1.29 is 9.90 Å². The number of aliphatic hydroxyl groups excluding tert-OH is 1. The summed E-state index contributed by atoms with van der Waals surface area (Å²) in [5.41, 5.74) is 1.21. The fourth-order valence-corrected chi connectivity index (χ4v) is 3.86. The zero-order chi connectivity index (χ0) is 14.7. The SMILES string of the molecule is Cc1cc(C(C)NC(=O)N2CCCC(CO)C2)c(C)s1. The van der Waals surface area contributed by atoms with Crippen LogP contribution >= 0.6 is 11.3 Å². The largest absolute Gasteiger partial charge is 0.396 e. The van der Waals surface area contributed by atoms with Crippen LogP contribution in [0.1, 0.15) is 41.1 Å². The van der Waals surface area contributed by atoms with E-state index in [0.29, 0.717) is 6.54 Å². The Morgan fingerprint density at radius 2 is 2.35 bits per heavy atom. The van der Waals surface area contributed by atoms with Crippen molar-refractivity contribution >= 4 is 17.4 Å². The summed E-state index contributed by atoms with van der Waals surface area (Å²) >= 11 is 1.77. The predicted molar refractivity (Wildman–Crippen MR) is 82.1 cm³/mol. The fourth-order valence-electron chi connectivity index (χ4n) is 2.83. The molecule has 2 atom stereocenters. The number of piperidine rings is 1. The molecule has 2 rings (SSSR count). The van der Waals surface area contributed by atoms with Gasteiger partial charge in [-0.15, -0.1) is 11.3 Å². The van der Waals surface area contributed by atoms with Crippen molar-refractivity contribution in [2.45, 2.75) is 39.7 Å². The third-order valence-corrected chi connectivity index (χ3v) is 4.93. The molecular weight excluding hydrogens is 272 g/mol. The summed E-state index contributed by atoms with van der Waals surface area (Å²) in [4.78, 5) is 16.7. The van der Waals surface area contributed by atoms with Gasteiger partial charge in [0.2, 0.25) is 0 Å². The quantitative estimate of drug-likeness (QED) is 0.901. The van der Waals surface area contributed by atoms with Gasteiger partial charge in [0.15, 0.2) is 0 Å². The van der Waals surface area contributed by atoms with Gasteiger partial charge in [0.1, 0.15) is 0 Å². The molecule has 0 aromatic carbocycles. The summed E-state index contributed by atoms with van der Waals surface area (Å²) in [6.07, 6.45) is 1.99. The lowest BCUT2D eigenvalue weighted by atomic mass is 9.99. The molecule has 1 fully saturated rings. The first-order chi connectivity index (χ1) is 9.51. The summed E-state index contributed by atoms with van der Waals surface area (Å²) in [5.74, 6) is 0.231. The van der Waals surface area contributed by atoms with Crippen molar-refractivity contribution in [1.82, 2.24) is 10.2 Å². The Morgan fingerprint density at radius 3 is 2.95 bits per heavy atom. The van der Waals surface area contributed by atoms with Crippen molar-refractivity contribution in [1.29, 1.82) is 0 Å². The smallest absolute Gasteiger partial charge is 0.317 e. The lowest BCUT2D eigenvalue weighted by Gasteiger charge is -2.32. The highest BCUT2D eigenvalue weighted by Gasteiger charge is 2.24. The highest BCUT2D eigenvalue weighted by Crippen LogP contribution is 2.26. The first kappa shape index (κ1) is 15.3. The number of hydrogen-bond acceptors (Lipinski definition) is 3. The van der Waals surface area contributed by atoms with Crippen LogP contribution in [0.4, 0.5) is 4.79 Å². The van der Waals surface area contributed by atoms with Gasteiger partial charge in [0.05, 0.1) is 6.04 Å². The van der Waals surface area contributed by atoms with E-state index in [2.05, 4.69) is 25.2 Å². The molecule has 1 aliphatic heterocycles. The van der Waals surface area contributed by atoms with Crippen LogP contribution in [0.25, 0.3) is 0 Å². The van der Waals surface area contributed by atoms with E-state index in [4.69, 9.17) is 0 Å². The first-order valence-electron chi connectivity index (χ1n) is 7.24. The van der Waals surface area contributed by atoms with Crippen LogP contribution in [0.2, 0.25) is 0 Å². The van der Waals surface area contributed by atoms with Gasteiger partial charge in [-0.25, -0.2) is 4.79 Å². The van der Waals surface area contributed by atoms with Crippen LogP contribution < -0.4 is 5.32 Å². The highest BCUT2D eigenvalue weighted by atomic mass is 32.1. The van der Waals surface area contributed by atoms with E-state index in [9.17, 15) is 9.90 Å². The Balaban J connectivity index is 1.95. The Morgan fingerprint density at radius 1 is 1.60 bits per heavy atom. The molecule has 2 amide bonds. The number of urea groups is 1. The van der Waals surface area contributed by atoms with Crippen LogP contribution in [0.15, 0.2) is 6.07 Å². The van der Waals surface area contributed by atoms with E-state index >= 15 is 0 Å². The molecule has 2 N–H and O–H groups in total. The van der Waals surface area contributed by atoms with Gasteiger partial charge in [0.25, 0.3) is 0 Å². The topological polar surface area (TPSA) is 52.6 Å². The number of hydrogen-bond donors (Lipinski definition) is 2. The second-order valence-electron chi connectivity index (χ2n) is 5.68. The van der Waals surface area contributed by atoms with Gasteiger partial charge in [-0.1, -0.05) is 0 Å². The zero-order valence-electron chi connectivity index (χ0n) is 12.5. The van der Waals surface area contributed by atoms with Crippen LogP contribution in [-0.4, -0.2) is 35.7 Å². The standard InChI is InChI=1S/C15H24N2O2S/c1-10-7-14(12(3)20-10)11(2)16-15(19)17-6-4-5-13(8-17)9-18/h7,11,13,18H,4-6,8-9H2,1-3H3,(H,16,19). The average Bonchev–Trinajstić information content (AvgIpc) is 2.77. The molecule has 1 aromatic rings. The number of carbonyl (C=O) groups excluding carboxylic acids is 1. The molecule has 2 unspecified atom stereocenters. The third kappa shape index (κ3) is 3.52. The van der Waals surface area contributed by atoms with E-state index < -0.39 is 0 Å². The number of nitrogens with zero attached hydrogens (tertiary/aromatic N) is 1. The zero-order valence-corrected chi connectivity index (χ0v) is 13.3. The molecule has 1 aliphatic rings. The summed E-state index contributed by atoms with van der Waals surface area (Å²) < 4.78 is 0. The summed E-state index contributed by atoms with van der Waals surface area (Å²) in [7, 11) is 0. The maximum atomic E-state index is 12.3. The van der Waals surface area contributed by atoms with Gasteiger partial charge in [-0.2, -0.15) is 0 Å². The highest BCUT2D eigenvalue weighted by molar-refractivity contribution is 7.12. The van der Waals surface area contributed by atoms with Crippen LogP contribution in [-0.2, 0) is 0 Å². The lowest BCUT2D eigenvalue weighted by Crippen LogP contribution is -2.46. The Kier molecular flexibility index (Phi) is 5.05. The van der Waals surface area contributed by atoms with E-state index in [1.54, 1.807) is 11.3 Å². The average molecular weight is 296 g/mol. The minimum atomic E-state index is -0.0149. The monoisotopic (exact) mass is 296 g/mol. The Hall–Kier alpha value is -1.07. The molecular formula is C15H24N2O2S. The fraction of sp³-hybridized carbons (Fsp3) is 0.667. The molecule has 0 spiro atoms. The minimum Gasteiger partial charge on any atom is -0.396 e. The molecule has 4 nitrogen and oxygen atoms in total. The molecule has 2 heterocycles. The maximum absolute atomic E-state index is 12.3. The Labute approximate surface area is 124 Å². The van der Waals surface area contributed by atoms with Crippen LogP contribution in [0, 0.1) is 19.8 Å². The summed E-state index contributed by atoms with van der Waals surface area (Å²) in [6.45, 7) is 7.83. The summed E-state index contributed by atoms with van der Waals surface area (Å²) in [6, 6.07) is 2.17. The van der Waals surface area contributed by atoms with Gasteiger partial charge in [-0.3, -0.25) is 0 Å². The maximum Gasteiger partial charge on any atom is 0.317 e. The van der Waals surface area contributed by atoms with Crippen molar-refractivity contribution in [3.8, 4) is 0 Å². The number of nitrogens with one attached hydrogen (secondary N) is 1. The van der Waals surface area contributed by atoms with E-state index in [-0.39, 0.29) is 24.6 Å². The van der Waals surface area contributed by atoms with Gasteiger partial charge in [0, 0.05) is 29.5 Å². The molecule has 20 heavy (non-hydrogen) atoms. The van der Waals surface area contributed by atoms with E-state index in [1.165, 1.54) is 15.3 Å². The molecule has 0 aliphatic carbocycles. The van der Waals surface area contributed by atoms with Crippen LogP contribution in [0.5, 0.6) is 0 Å². The van der Waals surface area contributed by atoms with Crippen molar-refractivity contribution in [2.75, 3.05) is 19.7 Å². The lowest BCUT2D eigenvalue weighted by molar-refractivity contribution is 0.128. The molecule has 0 radical (unpaired) electrons. The van der Waals surface area contributed by atoms with Gasteiger partial charge >= 0.3 is 6.03 Å². The van der Waals surface area contributed by atoms with E-state index in [1.807, 2.05) is 11.8 Å². The molecule has 1 saturated heterocycles. The summed E-state index contributed by atoms with van der Waals surface area (Å²) in [5, 5.41) is 12.3. The minimum absolute atomic E-state index is 0.0149. The number of amides is 2. The molecule has 0 saturated carbocycles. The number of aliphatic hydroxyl groups is 1. The van der Waals surface area contributed by atoms with Crippen LogP contribution in [0.3, 0.4) is 0 Å². The number of likely N-dealkylation sites (tertiary alicyclic amines) is 1. The van der Waals surface area contributed by atoms with Crippen molar-refractivity contribution in [2.24, 2.45) is 5.92 Å². The number of carbonyl (C=O) groups is 1. The Bertz CT molecular complexity index is 472. The molecule has 0 bridgehead atoms. The third-order valence-electron chi connectivity index (χ3n) is 3.95.